The predicted molar refractivity (Wildman–Crippen MR) is 234 cm³/mol. The molecule has 0 aromatic rings. The van der Waals surface area contributed by atoms with Gasteiger partial charge in [0.1, 0.15) is 0 Å². The molecular weight excluding hydrogens is 651 g/mol. The van der Waals surface area contributed by atoms with E-state index in [0.717, 1.165) is 96.3 Å². The van der Waals surface area contributed by atoms with Crippen LogP contribution in [0.5, 0.6) is 0 Å². The van der Waals surface area contributed by atoms with Gasteiger partial charge < -0.3 is 15.5 Å². The topological polar surface area (TPSA) is 69.6 Å². The first-order valence-corrected chi connectivity index (χ1v) is 21.2. The molecule has 3 N–H and O–H groups in total. The third kappa shape index (κ3) is 39.8. The molecule has 0 radical (unpaired) electrons. The molecule has 0 aliphatic heterocycles. The van der Waals surface area contributed by atoms with Crippen molar-refractivity contribution in [2.24, 2.45) is 0 Å². The summed E-state index contributed by atoms with van der Waals surface area (Å²) >= 11 is 0. The smallest absolute Gasteiger partial charge is 0.220 e. The standard InChI is InChI=1S/C49H79NO3/c1-3-5-7-9-11-13-15-16-17-18-19-20-21-22-23-24-25-26-27-28-29-30-31-32-33-34-35-37-39-41-43-45-49(53)50-47(46-51)48(52)44-42-40-38-36-14-12-10-8-6-4-2/h5,7,11,13-14,16-17,19-20,22-23,25-26,28-29,31-32,36,42,44,47-48,51-52H,3-4,6,8-10,12,15,18,21,24,27,30,33-35,37-41,43,45-46H2,1-2H3,(H,50,53)/b7-5-,13-11-,17-16-,20-19-,23-22-,26-25-,29-28-,32-31-,36-14+,44-42+. The van der Waals surface area contributed by atoms with Gasteiger partial charge in [0.2, 0.25) is 5.91 Å². The molecule has 2 atom stereocenters. The molecule has 0 aliphatic carbocycles. The van der Waals surface area contributed by atoms with Gasteiger partial charge in [0.25, 0.3) is 0 Å². The first kappa shape index (κ1) is 49.8. The monoisotopic (exact) mass is 730 g/mol. The molecule has 0 aliphatic rings. The first-order chi connectivity index (χ1) is 26.2. The average molecular weight is 730 g/mol. The van der Waals surface area contributed by atoms with Crippen LogP contribution in [-0.2, 0) is 4.79 Å². The van der Waals surface area contributed by atoms with Crippen LogP contribution >= 0.6 is 0 Å². The Hall–Kier alpha value is -3.21. The van der Waals surface area contributed by atoms with Crippen LogP contribution in [0, 0.1) is 0 Å². The quantitative estimate of drug-likeness (QED) is 0.0444. The lowest BCUT2D eigenvalue weighted by atomic mass is 10.1. The number of hydrogen-bond donors (Lipinski definition) is 3. The number of amides is 1. The van der Waals surface area contributed by atoms with Gasteiger partial charge in [-0.2, -0.15) is 0 Å². The summed E-state index contributed by atoms with van der Waals surface area (Å²) in [6.07, 6.45) is 67.3. The third-order valence-corrected chi connectivity index (χ3v) is 8.68. The molecule has 0 fully saturated rings. The van der Waals surface area contributed by atoms with Crippen molar-refractivity contribution in [3.05, 3.63) is 122 Å². The molecule has 0 saturated heterocycles. The van der Waals surface area contributed by atoms with E-state index in [0.29, 0.717) is 6.42 Å². The fourth-order valence-corrected chi connectivity index (χ4v) is 5.44. The van der Waals surface area contributed by atoms with E-state index < -0.39 is 12.1 Å². The molecule has 0 aromatic carbocycles. The van der Waals surface area contributed by atoms with E-state index in [1.54, 1.807) is 6.08 Å². The minimum atomic E-state index is -0.875. The second kappa shape index (κ2) is 43.2. The summed E-state index contributed by atoms with van der Waals surface area (Å²) in [5, 5.41) is 22.8. The third-order valence-electron chi connectivity index (χ3n) is 8.68. The van der Waals surface area contributed by atoms with Crippen molar-refractivity contribution >= 4 is 5.91 Å². The highest BCUT2D eigenvalue weighted by Gasteiger charge is 2.17. The summed E-state index contributed by atoms with van der Waals surface area (Å²) in [7, 11) is 0. The Labute approximate surface area is 327 Å². The van der Waals surface area contributed by atoms with Crippen LogP contribution in [0.1, 0.15) is 162 Å². The number of rotatable bonds is 36. The Balaban J connectivity index is 3.71. The van der Waals surface area contributed by atoms with Gasteiger partial charge in [-0.25, -0.2) is 0 Å². The maximum atomic E-state index is 12.3. The Bertz CT molecular complexity index is 1100. The Morgan fingerprint density at radius 2 is 0.849 bits per heavy atom. The molecule has 0 rings (SSSR count). The number of nitrogens with one attached hydrogen (secondary N) is 1. The summed E-state index contributed by atoms with van der Waals surface area (Å²) in [5.74, 6) is -0.0981. The van der Waals surface area contributed by atoms with Gasteiger partial charge in [0.15, 0.2) is 0 Å². The minimum absolute atomic E-state index is 0.0981. The Morgan fingerprint density at radius 3 is 1.32 bits per heavy atom. The maximum absolute atomic E-state index is 12.3. The lowest BCUT2D eigenvalue weighted by Crippen LogP contribution is -2.45. The zero-order chi connectivity index (χ0) is 38.6. The molecule has 0 saturated carbocycles. The van der Waals surface area contributed by atoms with E-state index in [9.17, 15) is 15.0 Å². The molecule has 0 spiro atoms. The zero-order valence-corrected chi connectivity index (χ0v) is 34.0. The molecule has 53 heavy (non-hydrogen) atoms. The Morgan fingerprint density at radius 1 is 0.472 bits per heavy atom. The highest BCUT2D eigenvalue weighted by Crippen LogP contribution is 2.10. The van der Waals surface area contributed by atoms with Crippen molar-refractivity contribution in [3.63, 3.8) is 0 Å². The van der Waals surface area contributed by atoms with E-state index in [2.05, 4.69) is 129 Å². The molecule has 2 unspecified atom stereocenters. The van der Waals surface area contributed by atoms with Crippen LogP contribution in [0.25, 0.3) is 0 Å². The van der Waals surface area contributed by atoms with Crippen LogP contribution < -0.4 is 5.32 Å². The van der Waals surface area contributed by atoms with Crippen molar-refractivity contribution in [3.8, 4) is 0 Å². The maximum Gasteiger partial charge on any atom is 0.220 e. The number of unbranched alkanes of at least 4 members (excludes halogenated alkanes) is 11. The normalized spacial score (nSPS) is 14.3. The predicted octanol–water partition coefficient (Wildman–Crippen LogP) is 13.4. The number of aliphatic hydroxyl groups is 2. The van der Waals surface area contributed by atoms with E-state index in [1.807, 2.05) is 6.08 Å². The van der Waals surface area contributed by atoms with Gasteiger partial charge in [0, 0.05) is 6.42 Å². The number of carbonyl (C=O) groups excluding carboxylic acids is 1. The summed E-state index contributed by atoms with van der Waals surface area (Å²) < 4.78 is 0. The highest BCUT2D eigenvalue weighted by molar-refractivity contribution is 5.76. The molecule has 4 nitrogen and oxygen atoms in total. The summed E-state index contributed by atoms with van der Waals surface area (Å²) in [4.78, 5) is 12.3. The lowest BCUT2D eigenvalue weighted by Gasteiger charge is -2.19. The van der Waals surface area contributed by atoms with Crippen LogP contribution in [0.15, 0.2) is 122 Å². The van der Waals surface area contributed by atoms with Crippen LogP contribution in [-0.4, -0.2) is 34.9 Å². The minimum Gasteiger partial charge on any atom is -0.394 e. The van der Waals surface area contributed by atoms with Crippen molar-refractivity contribution in [1.82, 2.24) is 5.32 Å². The van der Waals surface area contributed by atoms with Gasteiger partial charge in [-0.1, -0.05) is 180 Å². The number of carbonyl (C=O) groups is 1. The zero-order valence-electron chi connectivity index (χ0n) is 34.0. The molecule has 0 heterocycles. The first-order valence-electron chi connectivity index (χ1n) is 21.2. The summed E-state index contributed by atoms with van der Waals surface area (Å²) in [5.41, 5.74) is 0. The molecule has 0 aromatic heterocycles. The fraction of sp³-hybridized carbons (Fsp3) is 0.571. The van der Waals surface area contributed by atoms with Crippen molar-refractivity contribution < 1.29 is 15.0 Å². The molecule has 298 valence electrons. The van der Waals surface area contributed by atoms with E-state index in [-0.39, 0.29) is 12.5 Å². The molecule has 1 amide bonds. The van der Waals surface area contributed by atoms with E-state index in [4.69, 9.17) is 0 Å². The fourth-order valence-electron chi connectivity index (χ4n) is 5.44. The molecule has 4 heteroatoms. The van der Waals surface area contributed by atoms with Gasteiger partial charge in [-0.05, 0) is 96.3 Å². The second-order valence-corrected chi connectivity index (χ2v) is 13.7. The van der Waals surface area contributed by atoms with E-state index in [1.165, 1.54) is 44.9 Å². The van der Waals surface area contributed by atoms with Crippen LogP contribution in [0.2, 0.25) is 0 Å². The van der Waals surface area contributed by atoms with Crippen molar-refractivity contribution in [2.45, 2.75) is 174 Å². The lowest BCUT2D eigenvalue weighted by molar-refractivity contribution is -0.123. The number of allylic oxidation sites excluding steroid dienone is 19. The van der Waals surface area contributed by atoms with Crippen molar-refractivity contribution in [1.29, 1.82) is 0 Å². The number of hydrogen-bond acceptors (Lipinski definition) is 3. The highest BCUT2D eigenvalue weighted by atomic mass is 16.3. The Kier molecular flexibility index (Phi) is 40.6. The van der Waals surface area contributed by atoms with Crippen LogP contribution in [0.4, 0.5) is 0 Å². The second-order valence-electron chi connectivity index (χ2n) is 13.7. The largest absolute Gasteiger partial charge is 0.394 e. The van der Waals surface area contributed by atoms with Gasteiger partial charge in [0.05, 0.1) is 18.8 Å². The molecule has 0 bridgehead atoms. The van der Waals surface area contributed by atoms with Gasteiger partial charge in [-0.15, -0.1) is 0 Å². The van der Waals surface area contributed by atoms with Crippen molar-refractivity contribution in [2.75, 3.05) is 6.61 Å². The van der Waals surface area contributed by atoms with Gasteiger partial charge >= 0.3 is 0 Å². The van der Waals surface area contributed by atoms with Crippen LogP contribution in [0.3, 0.4) is 0 Å². The SMILES string of the molecule is CC/C=C\C/C=C\C/C=C\C/C=C\C/C=C\C/C=C\C/C=C\C/C=C\CCCCCCCCC(=O)NC(CO)C(O)/C=C/CC/C=C/CCCCCC. The number of aliphatic hydroxyl groups excluding tert-OH is 2. The van der Waals surface area contributed by atoms with Gasteiger partial charge in [-0.3, -0.25) is 4.79 Å². The average Bonchev–Trinajstić information content (AvgIpc) is 3.16. The summed E-state index contributed by atoms with van der Waals surface area (Å²) in [6.45, 7) is 4.11. The summed E-state index contributed by atoms with van der Waals surface area (Å²) in [6, 6.07) is -0.654. The molecular formula is C49H79NO3. The van der Waals surface area contributed by atoms with E-state index >= 15 is 0 Å².